The number of primary amides is 1. The van der Waals surface area contributed by atoms with Crippen LogP contribution in [0.5, 0.6) is 5.75 Å². The molecule has 3 heterocycles. The van der Waals surface area contributed by atoms with E-state index in [9.17, 15) is 4.79 Å². The van der Waals surface area contributed by atoms with Gasteiger partial charge in [-0.3, -0.25) is 9.48 Å². The van der Waals surface area contributed by atoms with Gasteiger partial charge in [-0.1, -0.05) is 0 Å². The number of hydrogen-bond donors (Lipinski definition) is 2. The van der Waals surface area contributed by atoms with E-state index in [2.05, 4.69) is 20.4 Å². The van der Waals surface area contributed by atoms with Crippen molar-refractivity contribution in [3.8, 4) is 17.0 Å². The number of methoxy groups -OCH3 is 1. The Hall–Kier alpha value is -2.94. The fourth-order valence-corrected chi connectivity index (χ4v) is 2.73. The number of aryl methyl sites for hydroxylation is 1. The van der Waals surface area contributed by atoms with Gasteiger partial charge in [0, 0.05) is 24.1 Å². The van der Waals surface area contributed by atoms with Crippen LogP contribution >= 0.6 is 11.3 Å². The predicted molar refractivity (Wildman–Crippen MR) is 86.9 cm³/mol. The fraction of sp³-hybridized carbons (Fsp3) is 0.143. The summed E-state index contributed by atoms with van der Waals surface area (Å²) in [5.41, 5.74) is 6.62. The Morgan fingerprint density at radius 2 is 2.30 bits per heavy atom. The first-order valence-corrected chi connectivity index (χ1v) is 7.51. The summed E-state index contributed by atoms with van der Waals surface area (Å²) >= 11 is 1.26. The van der Waals surface area contributed by atoms with Crippen molar-refractivity contribution in [2.24, 2.45) is 12.8 Å². The molecule has 0 saturated heterocycles. The van der Waals surface area contributed by atoms with Gasteiger partial charge >= 0.3 is 0 Å². The van der Waals surface area contributed by atoms with Crippen molar-refractivity contribution in [3.63, 3.8) is 0 Å². The Labute approximate surface area is 135 Å². The molecule has 3 aromatic heterocycles. The highest BCUT2D eigenvalue weighted by atomic mass is 32.1. The van der Waals surface area contributed by atoms with E-state index < -0.39 is 5.91 Å². The summed E-state index contributed by atoms with van der Waals surface area (Å²) in [4.78, 5) is 20.4. The van der Waals surface area contributed by atoms with Crippen LogP contribution in [0.3, 0.4) is 0 Å². The maximum absolute atomic E-state index is 11.3. The maximum Gasteiger partial charge on any atom is 0.258 e. The molecule has 0 bridgehead atoms. The van der Waals surface area contributed by atoms with Gasteiger partial charge in [-0.05, 0) is 6.07 Å². The van der Waals surface area contributed by atoms with Gasteiger partial charge in [-0.15, -0.1) is 11.3 Å². The molecule has 0 aromatic carbocycles. The van der Waals surface area contributed by atoms with Crippen molar-refractivity contribution in [1.82, 2.24) is 19.7 Å². The van der Waals surface area contributed by atoms with Crippen molar-refractivity contribution >= 4 is 29.0 Å². The second kappa shape index (κ2) is 6.05. The van der Waals surface area contributed by atoms with Crippen LogP contribution in [0.2, 0.25) is 0 Å². The van der Waals surface area contributed by atoms with E-state index >= 15 is 0 Å². The molecule has 0 spiro atoms. The molecule has 118 valence electrons. The minimum absolute atomic E-state index is 0.399. The number of ether oxygens (including phenoxy) is 1. The zero-order chi connectivity index (χ0) is 16.4. The van der Waals surface area contributed by atoms with Crippen LogP contribution in [-0.2, 0) is 7.05 Å². The summed E-state index contributed by atoms with van der Waals surface area (Å²) in [5, 5.41) is 8.96. The Balaban J connectivity index is 1.98. The summed E-state index contributed by atoms with van der Waals surface area (Å²) in [5.74, 6) is 1.19. The van der Waals surface area contributed by atoms with Gasteiger partial charge in [-0.25, -0.2) is 9.97 Å². The molecule has 0 aliphatic carbocycles. The van der Waals surface area contributed by atoms with Crippen molar-refractivity contribution in [2.75, 3.05) is 12.4 Å². The van der Waals surface area contributed by atoms with Gasteiger partial charge < -0.3 is 15.8 Å². The molecule has 1 amide bonds. The highest BCUT2D eigenvalue weighted by Crippen LogP contribution is 2.32. The zero-order valence-electron chi connectivity index (χ0n) is 12.5. The second-order valence-corrected chi connectivity index (χ2v) is 5.55. The third kappa shape index (κ3) is 2.99. The molecule has 9 heteroatoms. The third-order valence-corrected chi connectivity index (χ3v) is 4.10. The van der Waals surface area contributed by atoms with Crippen LogP contribution in [0.1, 0.15) is 9.67 Å². The lowest BCUT2D eigenvalue weighted by atomic mass is 10.2. The quantitative estimate of drug-likeness (QED) is 0.738. The summed E-state index contributed by atoms with van der Waals surface area (Å²) < 4.78 is 6.97. The number of anilines is 2. The lowest BCUT2D eigenvalue weighted by molar-refractivity contribution is 0.100. The summed E-state index contributed by atoms with van der Waals surface area (Å²) in [6.07, 6.45) is 3.24. The second-order valence-electron chi connectivity index (χ2n) is 4.64. The van der Waals surface area contributed by atoms with E-state index in [1.807, 2.05) is 13.1 Å². The highest BCUT2D eigenvalue weighted by molar-refractivity contribution is 7.12. The first kappa shape index (κ1) is 15.0. The van der Waals surface area contributed by atoms with E-state index in [-0.39, 0.29) is 0 Å². The van der Waals surface area contributed by atoms with Crippen molar-refractivity contribution in [1.29, 1.82) is 0 Å². The first-order chi connectivity index (χ1) is 11.1. The highest BCUT2D eigenvalue weighted by Gasteiger charge is 2.14. The van der Waals surface area contributed by atoms with Crippen LogP contribution in [0.4, 0.5) is 11.8 Å². The molecule has 0 aliphatic rings. The molecule has 0 fully saturated rings. The molecular formula is C14H14N6O2S. The number of rotatable bonds is 5. The van der Waals surface area contributed by atoms with Crippen molar-refractivity contribution in [3.05, 3.63) is 34.8 Å². The monoisotopic (exact) mass is 330 g/mol. The summed E-state index contributed by atoms with van der Waals surface area (Å²) in [6.45, 7) is 0. The molecule has 0 saturated carbocycles. The van der Waals surface area contributed by atoms with Crippen LogP contribution in [0, 0.1) is 0 Å². The standard InChI is InChI=1S/C14H14N6O2S/c1-20-11(3-4-17-20)18-14-16-6-9(22-2)12(19-14)8-5-10(13(15)21)23-7-8/h3-7H,1-2H3,(H2,15,21)(H,16,18,19). The van der Waals surface area contributed by atoms with Crippen molar-refractivity contribution < 1.29 is 9.53 Å². The average molecular weight is 330 g/mol. The topological polar surface area (TPSA) is 108 Å². The average Bonchev–Trinajstić information content (AvgIpc) is 3.17. The molecule has 3 N–H and O–H groups in total. The fourth-order valence-electron chi connectivity index (χ4n) is 1.99. The molecule has 3 aromatic rings. The molecule has 8 nitrogen and oxygen atoms in total. The van der Waals surface area contributed by atoms with Crippen molar-refractivity contribution in [2.45, 2.75) is 0 Å². The summed E-state index contributed by atoms with van der Waals surface area (Å²) in [7, 11) is 3.35. The number of nitrogens with zero attached hydrogens (tertiary/aromatic N) is 4. The van der Waals surface area contributed by atoms with E-state index in [4.69, 9.17) is 10.5 Å². The Morgan fingerprint density at radius 1 is 1.48 bits per heavy atom. The number of amides is 1. The summed E-state index contributed by atoms with van der Waals surface area (Å²) in [6, 6.07) is 3.49. The molecular weight excluding hydrogens is 316 g/mol. The van der Waals surface area contributed by atoms with Crippen LogP contribution < -0.4 is 15.8 Å². The molecule has 23 heavy (non-hydrogen) atoms. The number of hydrogen-bond acceptors (Lipinski definition) is 7. The number of thiophene rings is 1. The number of carbonyl (C=O) groups excluding carboxylic acids is 1. The van der Waals surface area contributed by atoms with E-state index in [0.29, 0.717) is 22.3 Å². The maximum atomic E-state index is 11.3. The van der Waals surface area contributed by atoms with Gasteiger partial charge in [0.2, 0.25) is 5.95 Å². The minimum atomic E-state index is -0.470. The molecule has 0 unspecified atom stereocenters. The van der Waals surface area contributed by atoms with Crippen LogP contribution in [-0.4, -0.2) is 32.8 Å². The first-order valence-electron chi connectivity index (χ1n) is 6.63. The minimum Gasteiger partial charge on any atom is -0.493 e. The molecule has 3 rings (SSSR count). The van der Waals surface area contributed by atoms with Gasteiger partial charge in [0.1, 0.15) is 11.5 Å². The zero-order valence-corrected chi connectivity index (χ0v) is 13.3. The van der Waals surface area contributed by atoms with E-state index in [1.165, 1.54) is 18.4 Å². The SMILES string of the molecule is COc1cnc(Nc2ccnn2C)nc1-c1csc(C(N)=O)c1. The lowest BCUT2D eigenvalue weighted by Gasteiger charge is -2.09. The molecule has 0 aliphatic heterocycles. The van der Waals surface area contributed by atoms with Gasteiger partial charge in [-0.2, -0.15) is 5.10 Å². The van der Waals surface area contributed by atoms with E-state index in [1.54, 1.807) is 28.5 Å². The van der Waals surface area contributed by atoms with Gasteiger partial charge in [0.15, 0.2) is 5.75 Å². The number of nitrogens with one attached hydrogen (secondary N) is 1. The Bertz CT molecular complexity index is 857. The number of nitrogens with two attached hydrogens (primary N) is 1. The third-order valence-electron chi connectivity index (χ3n) is 3.15. The smallest absolute Gasteiger partial charge is 0.258 e. The Morgan fingerprint density at radius 3 is 2.91 bits per heavy atom. The lowest BCUT2D eigenvalue weighted by Crippen LogP contribution is -2.08. The van der Waals surface area contributed by atoms with Crippen LogP contribution in [0.25, 0.3) is 11.3 Å². The predicted octanol–water partition coefficient (Wildman–Crippen LogP) is 1.79. The Kier molecular flexibility index (Phi) is 3.94. The van der Waals surface area contributed by atoms with Gasteiger partial charge in [0.25, 0.3) is 5.91 Å². The van der Waals surface area contributed by atoms with Gasteiger partial charge in [0.05, 0.1) is 24.4 Å². The molecule has 0 atom stereocenters. The largest absolute Gasteiger partial charge is 0.493 e. The number of carbonyl (C=O) groups is 1. The number of aromatic nitrogens is 4. The normalized spacial score (nSPS) is 10.5. The van der Waals surface area contributed by atoms with Crippen LogP contribution in [0.15, 0.2) is 29.9 Å². The van der Waals surface area contributed by atoms with E-state index in [0.717, 1.165) is 11.4 Å². The molecule has 0 radical (unpaired) electrons.